The summed E-state index contributed by atoms with van der Waals surface area (Å²) in [4.78, 5) is 12.5. The van der Waals surface area contributed by atoms with E-state index in [-0.39, 0.29) is 12.1 Å². The summed E-state index contributed by atoms with van der Waals surface area (Å²) in [6.07, 6.45) is -2.70. The van der Waals surface area contributed by atoms with Crippen molar-refractivity contribution < 1.29 is 26.4 Å². The molecular weight excluding hydrogens is 405 g/mol. The molecule has 0 fully saturated rings. The Hall–Kier alpha value is -2.55. The molecule has 0 heterocycles. The molecule has 0 radical (unpaired) electrons. The minimum absolute atomic E-state index is 0.153. The van der Waals surface area contributed by atoms with Gasteiger partial charge in [0.15, 0.2) is 0 Å². The zero-order valence-electron chi connectivity index (χ0n) is 16.3. The number of rotatable bonds is 7. The van der Waals surface area contributed by atoms with Crippen LogP contribution >= 0.6 is 0 Å². The first-order chi connectivity index (χ1) is 13.4. The van der Waals surface area contributed by atoms with Crippen molar-refractivity contribution in [3.8, 4) is 0 Å². The average Bonchev–Trinajstić information content (AvgIpc) is 2.65. The molecule has 158 valence electrons. The van der Waals surface area contributed by atoms with Crippen LogP contribution in [0.2, 0.25) is 0 Å². The van der Waals surface area contributed by atoms with Crippen LogP contribution in [-0.4, -0.2) is 26.6 Å². The van der Waals surface area contributed by atoms with E-state index in [0.29, 0.717) is 5.69 Å². The first-order valence-electron chi connectivity index (χ1n) is 8.95. The Morgan fingerprint density at radius 3 is 2.24 bits per heavy atom. The first-order valence-corrected chi connectivity index (χ1v) is 10.8. The van der Waals surface area contributed by atoms with Crippen molar-refractivity contribution >= 4 is 21.6 Å². The van der Waals surface area contributed by atoms with Crippen LogP contribution < -0.4 is 9.62 Å². The molecule has 5 nitrogen and oxygen atoms in total. The van der Waals surface area contributed by atoms with Gasteiger partial charge in [-0.2, -0.15) is 13.2 Å². The van der Waals surface area contributed by atoms with Crippen LogP contribution in [0.1, 0.15) is 30.5 Å². The second-order valence-electron chi connectivity index (χ2n) is 6.67. The summed E-state index contributed by atoms with van der Waals surface area (Å²) >= 11 is 0. The fourth-order valence-electron chi connectivity index (χ4n) is 2.88. The van der Waals surface area contributed by atoms with E-state index in [2.05, 4.69) is 5.32 Å². The Bertz CT molecular complexity index is 958. The summed E-state index contributed by atoms with van der Waals surface area (Å²) in [6.45, 7) is 3.24. The second kappa shape index (κ2) is 8.86. The average molecular weight is 428 g/mol. The number of amides is 1. The third-order valence-corrected chi connectivity index (χ3v) is 5.65. The van der Waals surface area contributed by atoms with Gasteiger partial charge >= 0.3 is 6.18 Å². The Balaban J connectivity index is 2.17. The molecule has 29 heavy (non-hydrogen) atoms. The van der Waals surface area contributed by atoms with Gasteiger partial charge in [0.25, 0.3) is 0 Å². The Morgan fingerprint density at radius 1 is 1.10 bits per heavy atom. The van der Waals surface area contributed by atoms with Crippen LogP contribution in [0.3, 0.4) is 0 Å². The predicted molar refractivity (Wildman–Crippen MR) is 106 cm³/mol. The Kier molecular flexibility index (Phi) is 6.94. The number of carbonyl (C=O) groups excluding carboxylic acids is 1. The molecule has 1 amide bonds. The summed E-state index contributed by atoms with van der Waals surface area (Å²) in [5, 5.41) is 2.51. The third kappa shape index (κ3) is 5.96. The van der Waals surface area contributed by atoms with Gasteiger partial charge in [0.2, 0.25) is 15.9 Å². The summed E-state index contributed by atoms with van der Waals surface area (Å²) in [5.74, 6) is -0.618. The van der Waals surface area contributed by atoms with E-state index in [4.69, 9.17) is 0 Å². The van der Waals surface area contributed by atoms with E-state index in [1.807, 2.05) is 6.92 Å². The van der Waals surface area contributed by atoms with Crippen LogP contribution in [0.25, 0.3) is 0 Å². The molecule has 9 heteroatoms. The molecule has 2 aromatic carbocycles. The maximum absolute atomic E-state index is 12.8. The molecule has 2 aromatic rings. The highest BCUT2D eigenvalue weighted by atomic mass is 32.2. The van der Waals surface area contributed by atoms with Gasteiger partial charge in [-0.15, -0.1) is 0 Å². The number of halogens is 3. The summed E-state index contributed by atoms with van der Waals surface area (Å²) in [5.41, 5.74) is 0.805. The van der Waals surface area contributed by atoms with Crippen molar-refractivity contribution in [1.29, 1.82) is 0 Å². The van der Waals surface area contributed by atoms with Gasteiger partial charge in [-0.1, -0.05) is 31.2 Å². The number of aryl methyl sites for hydroxylation is 1. The highest BCUT2D eigenvalue weighted by Gasteiger charge is 2.31. The van der Waals surface area contributed by atoms with Crippen LogP contribution in [0.4, 0.5) is 18.9 Å². The molecule has 0 aliphatic carbocycles. The van der Waals surface area contributed by atoms with Crippen LogP contribution in [0.15, 0.2) is 48.5 Å². The van der Waals surface area contributed by atoms with E-state index in [1.54, 1.807) is 24.3 Å². The number of sulfonamides is 1. The highest BCUT2D eigenvalue weighted by Crippen LogP contribution is 2.29. The Morgan fingerprint density at radius 2 is 1.72 bits per heavy atom. The minimum Gasteiger partial charge on any atom is -0.350 e. The molecule has 1 N–H and O–H groups in total. The van der Waals surface area contributed by atoms with Gasteiger partial charge in [0.1, 0.15) is 6.04 Å². The largest absolute Gasteiger partial charge is 0.416 e. The first kappa shape index (κ1) is 22.7. The standard InChI is InChI=1S/C20H23F3N2O3S/c1-4-15-8-10-18(11-9-15)25(29(3,27)28)14(2)19(26)24-13-16-6-5-7-17(12-16)20(21,22)23/h5-12,14H,4,13H2,1-3H3,(H,24,26). The quantitative estimate of drug-likeness (QED) is 0.731. The number of anilines is 1. The fraction of sp³-hybridized carbons (Fsp3) is 0.350. The molecule has 0 saturated heterocycles. The number of benzene rings is 2. The molecule has 1 atom stereocenters. The summed E-state index contributed by atoms with van der Waals surface area (Å²) in [6, 6.07) is 10.3. The van der Waals surface area contributed by atoms with E-state index in [1.165, 1.54) is 19.1 Å². The van der Waals surface area contributed by atoms with Crippen LogP contribution in [-0.2, 0) is 34.0 Å². The molecule has 2 rings (SSSR count). The van der Waals surface area contributed by atoms with Gasteiger partial charge < -0.3 is 5.32 Å². The lowest BCUT2D eigenvalue weighted by molar-refractivity contribution is -0.137. The maximum atomic E-state index is 12.8. The Labute approximate surface area is 168 Å². The van der Waals surface area contributed by atoms with Crippen molar-refractivity contribution in [2.24, 2.45) is 0 Å². The lowest BCUT2D eigenvalue weighted by atomic mass is 10.1. The second-order valence-corrected chi connectivity index (χ2v) is 8.53. The van der Waals surface area contributed by atoms with Gasteiger partial charge in [-0.25, -0.2) is 8.42 Å². The monoisotopic (exact) mass is 428 g/mol. The zero-order chi connectivity index (χ0) is 21.8. The van der Waals surface area contributed by atoms with Crippen molar-refractivity contribution in [2.45, 2.75) is 39.0 Å². The number of hydrogen-bond donors (Lipinski definition) is 1. The summed E-state index contributed by atoms with van der Waals surface area (Å²) in [7, 11) is -3.77. The number of carbonyl (C=O) groups is 1. The number of nitrogens with zero attached hydrogens (tertiary/aromatic N) is 1. The van der Waals surface area contributed by atoms with E-state index in [0.717, 1.165) is 34.7 Å². The van der Waals surface area contributed by atoms with Crippen molar-refractivity contribution in [2.75, 3.05) is 10.6 Å². The summed E-state index contributed by atoms with van der Waals surface area (Å²) < 4.78 is 64.0. The molecule has 0 aromatic heterocycles. The number of nitrogens with one attached hydrogen (secondary N) is 1. The molecular formula is C20H23F3N2O3S. The number of alkyl halides is 3. The van der Waals surface area contributed by atoms with Gasteiger partial charge in [0.05, 0.1) is 17.5 Å². The highest BCUT2D eigenvalue weighted by molar-refractivity contribution is 7.92. The van der Waals surface area contributed by atoms with Crippen molar-refractivity contribution in [3.63, 3.8) is 0 Å². The third-order valence-electron chi connectivity index (χ3n) is 4.41. The van der Waals surface area contributed by atoms with Gasteiger partial charge in [-0.05, 0) is 48.7 Å². The number of hydrogen-bond acceptors (Lipinski definition) is 3. The van der Waals surface area contributed by atoms with Crippen LogP contribution in [0, 0.1) is 0 Å². The normalized spacial score (nSPS) is 13.0. The van der Waals surface area contributed by atoms with E-state index >= 15 is 0 Å². The predicted octanol–water partition coefficient (Wildman–Crippen LogP) is 3.74. The molecule has 0 spiro atoms. The lowest BCUT2D eigenvalue weighted by Gasteiger charge is -2.28. The molecule has 0 aliphatic heterocycles. The maximum Gasteiger partial charge on any atom is 0.416 e. The van der Waals surface area contributed by atoms with Crippen molar-refractivity contribution in [3.05, 3.63) is 65.2 Å². The minimum atomic E-state index is -4.48. The molecule has 0 bridgehead atoms. The van der Waals surface area contributed by atoms with E-state index in [9.17, 15) is 26.4 Å². The molecule has 0 saturated carbocycles. The molecule has 1 unspecified atom stereocenters. The SMILES string of the molecule is CCc1ccc(N(C(C)C(=O)NCc2cccc(C(F)(F)F)c2)S(C)(=O)=O)cc1. The smallest absolute Gasteiger partial charge is 0.350 e. The van der Waals surface area contributed by atoms with Crippen LogP contribution in [0.5, 0.6) is 0 Å². The zero-order valence-corrected chi connectivity index (χ0v) is 17.1. The molecule has 0 aliphatic rings. The lowest BCUT2D eigenvalue weighted by Crippen LogP contribution is -2.47. The fourth-order valence-corrected chi connectivity index (χ4v) is 4.06. The van der Waals surface area contributed by atoms with E-state index < -0.39 is 33.7 Å². The topological polar surface area (TPSA) is 66.5 Å². The van der Waals surface area contributed by atoms with Gasteiger partial charge in [-0.3, -0.25) is 9.10 Å². The van der Waals surface area contributed by atoms with Gasteiger partial charge in [0, 0.05) is 6.54 Å². The van der Waals surface area contributed by atoms with Crippen molar-refractivity contribution in [1.82, 2.24) is 5.32 Å².